The van der Waals surface area contributed by atoms with E-state index in [-0.39, 0.29) is 13.2 Å². The van der Waals surface area contributed by atoms with Crippen LogP contribution >= 0.6 is 0 Å². The second kappa shape index (κ2) is 8.03. The van der Waals surface area contributed by atoms with Crippen molar-refractivity contribution in [3.05, 3.63) is 0 Å². The predicted octanol–water partition coefficient (Wildman–Crippen LogP) is 0.875. The lowest BCUT2D eigenvalue weighted by Crippen LogP contribution is -2.29. The number of aliphatic hydroxyl groups excluding tert-OH is 3. The first-order valence-electron chi connectivity index (χ1n) is 6.75. The number of aliphatic hydroxyl groups is 4. The van der Waals surface area contributed by atoms with Gasteiger partial charge in [0.15, 0.2) is 6.29 Å². The van der Waals surface area contributed by atoms with Gasteiger partial charge in [0.05, 0.1) is 0 Å². The molecule has 0 heterocycles. The summed E-state index contributed by atoms with van der Waals surface area (Å²) in [6.45, 7) is 0.495. The zero-order valence-electron chi connectivity index (χ0n) is 10.5. The highest BCUT2D eigenvalue weighted by Crippen LogP contribution is 2.36. The average molecular weight is 246 g/mol. The second-order valence-electron chi connectivity index (χ2n) is 5.33. The summed E-state index contributed by atoms with van der Waals surface area (Å²) in [5.74, 6) is 1.25. The number of rotatable bonds is 7. The van der Waals surface area contributed by atoms with Crippen LogP contribution in [-0.4, -0.2) is 39.9 Å². The third-order valence-electron chi connectivity index (χ3n) is 4.03. The molecule has 0 saturated heterocycles. The summed E-state index contributed by atoms with van der Waals surface area (Å²) >= 11 is 0. The Kier molecular flexibility index (Phi) is 7.04. The summed E-state index contributed by atoms with van der Waals surface area (Å²) in [7, 11) is 0. The van der Waals surface area contributed by atoms with E-state index in [0.29, 0.717) is 24.2 Å². The Morgan fingerprint density at radius 2 is 1.71 bits per heavy atom. The maximum atomic E-state index is 9.32. The van der Waals surface area contributed by atoms with Crippen molar-refractivity contribution in [2.45, 2.75) is 51.2 Å². The molecular formula is C13H26O4. The minimum absolute atomic E-state index is 0.242. The second-order valence-corrected chi connectivity index (χ2v) is 5.33. The van der Waals surface area contributed by atoms with Gasteiger partial charge in [-0.15, -0.1) is 0 Å². The lowest BCUT2D eigenvalue weighted by molar-refractivity contribution is -0.0470. The molecule has 1 aliphatic carbocycles. The quantitative estimate of drug-likeness (QED) is 0.397. The summed E-state index contributed by atoms with van der Waals surface area (Å²) in [4.78, 5) is 0. The summed E-state index contributed by atoms with van der Waals surface area (Å²) in [5.41, 5.74) is 0. The van der Waals surface area contributed by atoms with Gasteiger partial charge in [0.1, 0.15) is 0 Å². The van der Waals surface area contributed by atoms with Gasteiger partial charge in [-0.1, -0.05) is 12.8 Å². The molecule has 3 unspecified atom stereocenters. The molecule has 102 valence electrons. The molecule has 0 bridgehead atoms. The molecule has 0 aromatic carbocycles. The molecule has 0 aromatic heterocycles. The van der Waals surface area contributed by atoms with Crippen LogP contribution in [0.25, 0.3) is 0 Å². The number of unbranched alkanes of at least 4 members (excludes halogenated alkanes) is 1. The molecular weight excluding hydrogens is 220 g/mol. The maximum Gasteiger partial charge on any atom is 0.151 e. The van der Waals surface area contributed by atoms with E-state index < -0.39 is 6.29 Å². The Labute approximate surface area is 103 Å². The molecule has 4 nitrogen and oxygen atoms in total. The molecule has 0 aromatic rings. The van der Waals surface area contributed by atoms with Crippen LogP contribution in [-0.2, 0) is 0 Å². The van der Waals surface area contributed by atoms with E-state index in [9.17, 15) is 10.2 Å². The monoisotopic (exact) mass is 246 g/mol. The number of hydrogen-bond donors (Lipinski definition) is 4. The van der Waals surface area contributed by atoms with Crippen molar-refractivity contribution in [3.8, 4) is 0 Å². The van der Waals surface area contributed by atoms with Gasteiger partial charge in [0.2, 0.25) is 0 Å². The van der Waals surface area contributed by atoms with Crippen molar-refractivity contribution in [1.29, 1.82) is 0 Å². The van der Waals surface area contributed by atoms with Gasteiger partial charge in [-0.05, 0) is 49.9 Å². The van der Waals surface area contributed by atoms with Gasteiger partial charge < -0.3 is 20.4 Å². The van der Waals surface area contributed by atoms with Crippen molar-refractivity contribution < 1.29 is 20.4 Å². The van der Waals surface area contributed by atoms with Crippen LogP contribution in [0.4, 0.5) is 0 Å². The summed E-state index contributed by atoms with van der Waals surface area (Å²) in [6.07, 6.45) is 5.08. The van der Waals surface area contributed by atoms with Crippen molar-refractivity contribution in [1.82, 2.24) is 0 Å². The lowest BCUT2D eigenvalue weighted by Gasteiger charge is -2.34. The van der Waals surface area contributed by atoms with Gasteiger partial charge in [0, 0.05) is 13.2 Å². The SMILES string of the molecule is OCC1CCC(CO)C(CCCCC(O)O)C1. The summed E-state index contributed by atoms with van der Waals surface area (Å²) < 4.78 is 0. The standard InChI is InChI=1S/C13H26O4/c14-8-10-5-6-12(9-15)11(7-10)3-1-2-4-13(16)17/h10-17H,1-9H2. The average Bonchev–Trinajstić information content (AvgIpc) is 2.34. The molecule has 4 heteroatoms. The molecule has 0 aliphatic heterocycles. The van der Waals surface area contributed by atoms with E-state index in [1.54, 1.807) is 0 Å². The van der Waals surface area contributed by atoms with Crippen molar-refractivity contribution in [3.63, 3.8) is 0 Å². The van der Waals surface area contributed by atoms with Gasteiger partial charge in [-0.3, -0.25) is 0 Å². The van der Waals surface area contributed by atoms with E-state index in [1.807, 2.05) is 0 Å². The molecule has 0 radical (unpaired) electrons. The fourth-order valence-corrected chi connectivity index (χ4v) is 2.92. The Bertz CT molecular complexity index is 196. The zero-order valence-corrected chi connectivity index (χ0v) is 10.5. The number of hydrogen-bond acceptors (Lipinski definition) is 4. The Morgan fingerprint density at radius 1 is 0.941 bits per heavy atom. The Hall–Kier alpha value is -0.160. The highest BCUT2D eigenvalue weighted by atomic mass is 16.5. The van der Waals surface area contributed by atoms with Crippen LogP contribution in [0.1, 0.15) is 44.9 Å². The zero-order chi connectivity index (χ0) is 12.7. The normalized spacial score (nSPS) is 29.8. The molecule has 0 amide bonds. The molecule has 1 aliphatic rings. The van der Waals surface area contributed by atoms with Gasteiger partial charge in [-0.2, -0.15) is 0 Å². The van der Waals surface area contributed by atoms with Crippen molar-refractivity contribution in [2.24, 2.45) is 17.8 Å². The highest BCUT2D eigenvalue weighted by Gasteiger charge is 2.29. The van der Waals surface area contributed by atoms with Crippen molar-refractivity contribution in [2.75, 3.05) is 13.2 Å². The van der Waals surface area contributed by atoms with Crippen LogP contribution in [0.15, 0.2) is 0 Å². The van der Waals surface area contributed by atoms with Gasteiger partial charge in [0.25, 0.3) is 0 Å². The maximum absolute atomic E-state index is 9.32. The molecule has 17 heavy (non-hydrogen) atoms. The van der Waals surface area contributed by atoms with Crippen LogP contribution in [0, 0.1) is 17.8 Å². The van der Waals surface area contributed by atoms with E-state index in [2.05, 4.69) is 0 Å². The highest BCUT2D eigenvalue weighted by molar-refractivity contribution is 4.79. The minimum Gasteiger partial charge on any atom is -0.396 e. The first kappa shape index (κ1) is 14.9. The fourth-order valence-electron chi connectivity index (χ4n) is 2.92. The molecule has 4 N–H and O–H groups in total. The topological polar surface area (TPSA) is 80.9 Å². The van der Waals surface area contributed by atoms with Crippen LogP contribution in [0.5, 0.6) is 0 Å². The fraction of sp³-hybridized carbons (Fsp3) is 1.00. The van der Waals surface area contributed by atoms with E-state index in [0.717, 1.165) is 38.5 Å². The third-order valence-corrected chi connectivity index (χ3v) is 4.03. The molecule has 3 atom stereocenters. The minimum atomic E-state index is -1.19. The molecule has 1 fully saturated rings. The molecule has 1 saturated carbocycles. The molecule has 1 rings (SSSR count). The Balaban J connectivity index is 2.26. The van der Waals surface area contributed by atoms with Crippen LogP contribution in [0.3, 0.4) is 0 Å². The predicted molar refractivity (Wildman–Crippen MR) is 65.2 cm³/mol. The van der Waals surface area contributed by atoms with E-state index in [1.165, 1.54) is 0 Å². The third kappa shape index (κ3) is 5.34. The van der Waals surface area contributed by atoms with E-state index >= 15 is 0 Å². The first-order valence-corrected chi connectivity index (χ1v) is 6.75. The smallest absolute Gasteiger partial charge is 0.151 e. The largest absolute Gasteiger partial charge is 0.396 e. The summed E-state index contributed by atoms with van der Waals surface area (Å²) in [6, 6.07) is 0. The van der Waals surface area contributed by atoms with Crippen molar-refractivity contribution >= 4 is 0 Å². The Morgan fingerprint density at radius 3 is 2.29 bits per heavy atom. The molecule has 0 spiro atoms. The summed E-state index contributed by atoms with van der Waals surface area (Å²) in [5, 5.41) is 36.0. The van der Waals surface area contributed by atoms with E-state index in [4.69, 9.17) is 10.2 Å². The lowest BCUT2D eigenvalue weighted by atomic mass is 9.72. The van der Waals surface area contributed by atoms with Gasteiger partial charge >= 0.3 is 0 Å². The van der Waals surface area contributed by atoms with Crippen LogP contribution in [0.2, 0.25) is 0 Å². The van der Waals surface area contributed by atoms with Crippen LogP contribution < -0.4 is 0 Å². The first-order chi connectivity index (χ1) is 8.17. The van der Waals surface area contributed by atoms with Gasteiger partial charge in [-0.25, -0.2) is 0 Å².